The van der Waals surface area contributed by atoms with Crippen LogP contribution in [0.5, 0.6) is 0 Å². The molecule has 3 nitrogen and oxygen atoms in total. The molecule has 0 saturated heterocycles. The van der Waals surface area contributed by atoms with E-state index in [4.69, 9.17) is 5.73 Å². The fourth-order valence-corrected chi connectivity index (χ4v) is 2.01. The summed E-state index contributed by atoms with van der Waals surface area (Å²) in [4.78, 5) is 0. The van der Waals surface area contributed by atoms with Gasteiger partial charge in [0.2, 0.25) is 0 Å². The lowest BCUT2D eigenvalue weighted by Gasteiger charge is -2.01. The maximum absolute atomic E-state index is 5.60. The van der Waals surface area contributed by atoms with E-state index in [1.54, 1.807) is 0 Å². The zero-order valence-electron chi connectivity index (χ0n) is 10.5. The Morgan fingerprint density at radius 1 is 0.895 bits per heavy atom. The summed E-state index contributed by atoms with van der Waals surface area (Å²) in [6, 6.07) is 20.3. The first-order chi connectivity index (χ1) is 9.36. The van der Waals surface area contributed by atoms with E-state index in [0.29, 0.717) is 6.54 Å². The van der Waals surface area contributed by atoms with Crippen molar-refractivity contribution in [3.8, 4) is 16.9 Å². The Morgan fingerprint density at radius 2 is 1.63 bits per heavy atom. The molecule has 1 heterocycles. The van der Waals surface area contributed by atoms with Gasteiger partial charge < -0.3 is 5.73 Å². The van der Waals surface area contributed by atoms with Crippen LogP contribution >= 0.6 is 0 Å². The van der Waals surface area contributed by atoms with Gasteiger partial charge in [0.15, 0.2) is 0 Å². The van der Waals surface area contributed by atoms with Crippen LogP contribution in [0.2, 0.25) is 0 Å². The highest BCUT2D eigenvalue weighted by Gasteiger charge is 2.03. The van der Waals surface area contributed by atoms with Crippen molar-refractivity contribution in [2.75, 3.05) is 0 Å². The van der Waals surface area contributed by atoms with E-state index < -0.39 is 0 Å². The molecule has 0 aliphatic carbocycles. The summed E-state index contributed by atoms with van der Waals surface area (Å²) in [5, 5.41) is 4.59. The molecule has 2 N–H and O–H groups in total. The normalized spacial score (nSPS) is 10.6. The number of aromatic nitrogens is 2. The number of nitrogens with two attached hydrogens (primary N) is 1. The van der Waals surface area contributed by atoms with Crippen molar-refractivity contribution in [1.82, 2.24) is 9.78 Å². The number of nitrogens with zero attached hydrogens (tertiary/aromatic N) is 2. The minimum atomic E-state index is 0.568. The van der Waals surface area contributed by atoms with Crippen LogP contribution in [0.15, 0.2) is 66.9 Å². The van der Waals surface area contributed by atoms with Crippen LogP contribution in [0.1, 0.15) is 5.56 Å². The average Bonchev–Trinajstić information content (AvgIpc) is 2.98. The maximum Gasteiger partial charge on any atom is 0.0927 e. The summed E-state index contributed by atoms with van der Waals surface area (Å²) in [6.45, 7) is 0.568. The van der Waals surface area contributed by atoms with Gasteiger partial charge in [0.1, 0.15) is 0 Å². The van der Waals surface area contributed by atoms with E-state index in [1.807, 2.05) is 59.4 Å². The molecule has 0 amide bonds. The van der Waals surface area contributed by atoms with E-state index in [1.165, 1.54) is 0 Å². The highest BCUT2D eigenvalue weighted by atomic mass is 15.3. The van der Waals surface area contributed by atoms with Crippen molar-refractivity contribution >= 4 is 0 Å². The Balaban J connectivity index is 1.92. The molecule has 3 rings (SSSR count). The lowest BCUT2D eigenvalue weighted by Crippen LogP contribution is -1.96. The molecule has 2 aromatic carbocycles. The molecule has 0 aliphatic heterocycles. The van der Waals surface area contributed by atoms with Crippen LogP contribution < -0.4 is 5.73 Å². The van der Waals surface area contributed by atoms with Gasteiger partial charge in [-0.05, 0) is 23.8 Å². The molecule has 19 heavy (non-hydrogen) atoms. The van der Waals surface area contributed by atoms with Gasteiger partial charge >= 0.3 is 0 Å². The molecule has 0 saturated carbocycles. The van der Waals surface area contributed by atoms with Gasteiger partial charge in [-0.25, -0.2) is 4.68 Å². The minimum Gasteiger partial charge on any atom is -0.326 e. The van der Waals surface area contributed by atoms with Gasteiger partial charge in [0.05, 0.1) is 11.4 Å². The topological polar surface area (TPSA) is 43.8 Å². The van der Waals surface area contributed by atoms with Crippen LogP contribution in [0.4, 0.5) is 0 Å². The SMILES string of the molecule is NCc1ccc(-c2ccn(-c3ccccc3)n2)cc1. The number of para-hydroxylation sites is 1. The standard InChI is InChI=1S/C16H15N3/c17-12-13-6-8-14(9-7-13)16-10-11-19(18-16)15-4-2-1-3-5-15/h1-11H,12,17H2. The molecular weight excluding hydrogens is 234 g/mol. The first-order valence-corrected chi connectivity index (χ1v) is 6.27. The molecular formula is C16H15N3. The quantitative estimate of drug-likeness (QED) is 0.775. The third-order valence-electron chi connectivity index (χ3n) is 3.10. The van der Waals surface area contributed by atoms with Crippen molar-refractivity contribution in [3.05, 3.63) is 72.4 Å². The van der Waals surface area contributed by atoms with E-state index in [0.717, 1.165) is 22.5 Å². The number of hydrogen-bond acceptors (Lipinski definition) is 2. The zero-order valence-corrected chi connectivity index (χ0v) is 10.5. The molecule has 1 aromatic heterocycles. The second kappa shape index (κ2) is 5.08. The largest absolute Gasteiger partial charge is 0.326 e. The zero-order chi connectivity index (χ0) is 13.1. The highest BCUT2D eigenvalue weighted by Crippen LogP contribution is 2.19. The molecule has 0 spiro atoms. The summed E-state index contributed by atoms with van der Waals surface area (Å²) in [7, 11) is 0. The Morgan fingerprint density at radius 3 is 2.32 bits per heavy atom. The van der Waals surface area contributed by atoms with Gasteiger partial charge in [0, 0.05) is 18.3 Å². The van der Waals surface area contributed by atoms with Gasteiger partial charge in [-0.2, -0.15) is 5.10 Å². The highest BCUT2D eigenvalue weighted by molar-refractivity contribution is 5.59. The fraction of sp³-hybridized carbons (Fsp3) is 0.0625. The van der Waals surface area contributed by atoms with Crippen LogP contribution in [-0.2, 0) is 6.54 Å². The molecule has 0 aliphatic rings. The fourth-order valence-electron chi connectivity index (χ4n) is 2.01. The van der Waals surface area contributed by atoms with Gasteiger partial charge in [-0.3, -0.25) is 0 Å². The van der Waals surface area contributed by atoms with Crippen molar-refractivity contribution in [2.24, 2.45) is 5.73 Å². The van der Waals surface area contributed by atoms with Crippen LogP contribution in [0.3, 0.4) is 0 Å². The van der Waals surface area contributed by atoms with Crippen molar-refractivity contribution in [3.63, 3.8) is 0 Å². The Labute approximate surface area is 112 Å². The summed E-state index contributed by atoms with van der Waals surface area (Å²) in [6.07, 6.45) is 1.97. The lowest BCUT2D eigenvalue weighted by atomic mass is 10.1. The third kappa shape index (κ3) is 2.41. The van der Waals surface area contributed by atoms with E-state index in [-0.39, 0.29) is 0 Å². The smallest absolute Gasteiger partial charge is 0.0927 e. The van der Waals surface area contributed by atoms with E-state index in [9.17, 15) is 0 Å². The van der Waals surface area contributed by atoms with Crippen LogP contribution in [-0.4, -0.2) is 9.78 Å². The van der Waals surface area contributed by atoms with Gasteiger partial charge in [-0.15, -0.1) is 0 Å². The third-order valence-corrected chi connectivity index (χ3v) is 3.10. The Kier molecular flexibility index (Phi) is 3.12. The van der Waals surface area contributed by atoms with E-state index in [2.05, 4.69) is 17.2 Å². The van der Waals surface area contributed by atoms with Crippen molar-refractivity contribution < 1.29 is 0 Å². The number of rotatable bonds is 3. The first kappa shape index (κ1) is 11.7. The lowest BCUT2D eigenvalue weighted by molar-refractivity contribution is 0.884. The molecule has 0 atom stereocenters. The monoisotopic (exact) mass is 249 g/mol. The summed E-state index contributed by atoms with van der Waals surface area (Å²) in [5.41, 5.74) is 9.86. The Bertz CT molecular complexity index is 654. The van der Waals surface area contributed by atoms with Crippen LogP contribution in [0.25, 0.3) is 16.9 Å². The maximum atomic E-state index is 5.60. The number of hydrogen-bond donors (Lipinski definition) is 1. The van der Waals surface area contributed by atoms with Gasteiger partial charge in [-0.1, -0.05) is 42.5 Å². The predicted molar refractivity (Wildman–Crippen MR) is 76.9 cm³/mol. The van der Waals surface area contributed by atoms with Gasteiger partial charge in [0.25, 0.3) is 0 Å². The second-order valence-electron chi connectivity index (χ2n) is 4.38. The second-order valence-corrected chi connectivity index (χ2v) is 4.38. The predicted octanol–water partition coefficient (Wildman–Crippen LogP) is 3.00. The van der Waals surface area contributed by atoms with Crippen LogP contribution in [0, 0.1) is 0 Å². The van der Waals surface area contributed by atoms with E-state index >= 15 is 0 Å². The summed E-state index contributed by atoms with van der Waals surface area (Å²) in [5.74, 6) is 0. The molecule has 0 unspecified atom stereocenters. The summed E-state index contributed by atoms with van der Waals surface area (Å²) >= 11 is 0. The first-order valence-electron chi connectivity index (χ1n) is 6.27. The molecule has 3 aromatic rings. The minimum absolute atomic E-state index is 0.568. The Hall–Kier alpha value is -2.39. The van der Waals surface area contributed by atoms with Crippen molar-refractivity contribution in [1.29, 1.82) is 0 Å². The molecule has 0 bridgehead atoms. The molecule has 94 valence electrons. The molecule has 3 heteroatoms. The van der Waals surface area contributed by atoms with Crippen molar-refractivity contribution in [2.45, 2.75) is 6.54 Å². The average molecular weight is 249 g/mol. The number of benzene rings is 2. The molecule has 0 radical (unpaired) electrons. The summed E-state index contributed by atoms with van der Waals surface area (Å²) < 4.78 is 1.88. The molecule has 0 fully saturated rings.